The van der Waals surface area contributed by atoms with Crippen molar-refractivity contribution in [1.82, 2.24) is 14.7 Å². The van der Waals surface area contributed by atoms with E-state index in [4.69, 9.17) is 9.47 Å². The van der Waals surface area contributed by atoms with Gasteiger partial charge in [-0.15, -0.1) is 0 Å². The van der Waals surface area contributed by atoms with E-state index >= 15 is 0 Å². The topological polar surface area (TPSA) is 91.4 Å². The zero-order chi connectivity index (χ0) is 32.3. The molecule has 0 aliphatic carbocycles. The van der Waals surface area contributed by atoms with E-state index in [2.05, 4.69) is 15.1 Å². The van der Waals surface area contributed by atoms with Gasteiger partial charge in [-0.1, -0.05) is 60.7 Å². The fraction of sp³-hybridized carbons (Fsp3) is 0.432. The van der Waals surface area contributed by atoms with Crippen molar-refractivity contribution < 1.29 is 23.9 Å². The number of rotatable bonds is 11. The molecular formula is C37H46N4O5. The molecule has 3 aromatic rings. The number of nitrogens with one attached hydrogen (secondary N) is 1. The van der Waals surface area contributed by atoms with Crippen molar-refractivity contribution in [2.75, 3.05) is 58.2 Å². The molecule has 1 N–H and O–H groups in total. The van der Waals surface area contributed by atoms with Gasteiger partial charge >= 0.3 is 12.1 Å². The number of nitrogens with zero attached hydrogens (tertiary/aromatic N) is 3. The molecule has 9 heteroatoms. The molecule has 0 spiro atoms. The molecule has 2 saturated heterocycles. The van der Waals surface area contributed by atoms with Crippen molar-refractivity contribution in [3.05, 3.63) is 90.0 Å². The summed E-state index contributed by atoms with van der Waals surface area (Å²) in [5.41, 5.74) is 4.56. The zero-order valence-corrected chi connectivity index (χ0v) is 27.0. The number of benzene rings is 3. The second-order valence-corrected chi connectivity index (χ2v) is 12.2. The van der Waals surface area contributed by atoms with Gasteiger partial charge in [-0.2, -0.15) is 0 Å². The minimum Gasteiger partial charge on any atom is -0.466 e. The summed E-state index contributed by atoms with van der Waals surface area (Å²) in [4.78, 5) is 44.3. The van der Waals surface area contributed by atoms with Crippen molar-refractivity contribution >= 4 is 23.7 Å². The van der Waals surface area contributed by atoms with Crippen LogP contribution in [0.1, 0.15) is 48.5 Å². The molecule has 0 bridgehead atoms. The maximum absolute atomic E-state index is 13.1. The number of likely N-dealkylation sites (tertiary alicyclic amines) is 2. The number of amides is 2. The minimum atomic E-state index is -0.434. The largest absolute Gasteiger partial charge is 0.466 e. The van der Waals surface area contributed by atoms with E-state index < -0.39 is 6.09 Å². The summed E-state index contributed by atoms with van der Waals surface area (Å²) in [6.07, 6.45) is 2.59. The Morgan fingerprint density at radius 2 is 1.48 bits per heavy atom. The highest BCUT2D eigenvalue weighted by atomic mass is 16.6. The van der Waals surface area contributed by atoms with Gasteiger partial charge in [0.05, 0.1) is 18.2 Å². The summed E-state index contributed by atoms with van der Waals surface area (Å²) in [5.74, 6) is -0.0614. The average molecular weight is 627 g/mol. The zero-order valence-electron chi connectivity index (χ0n) is 27.0. The highest BCUT2D eigenvalue weighted by Gasteiger charge is 2.26. The molecule has 2 heterocycles. The van der Waals surface area contributed by atoms with E-state index in [9.17, 15) is 14.4 Å². The number of para-hydroxylation sites is 1. The Bertz CT molecular complexity index is 1430. The molecule has 0 radical (unpaired) electrons. The van der Waals surface area contributed by atoms with Crippen molar-refractivity contribution in [2.45, 2.75) is 45.3 Å². The lowest BCUT2D eigenvalue weighted by atomic mass is 9.96. The normalized spacial score (nSPS) is 16.5. The van der Waals surface area contributed by atoms with Crippen molar-refractivity contribution in [2.24, 2.45) is 5.92 Å². The van der Waals surface area contributed by atoms with Gasteiger partial charge in [0, 0.05) is 50.9 Å². The predicted octanol–water partition coefficient (Wildman–Crippen LogP) is 5.91. The second-order valence-electron chi connectivity index (χ2n) is 12.2. The van der Waals surface area contributed by atoms with Crippen LogP contribution >= 0.6 is 0 Å². The number of carbonyl (C=O) groups excluding carboxylic acids is 3. The first kappa shape index (κ1) is 33.2. The number of piperidine rings is 2. The van der Waals surface area contributed by atoms with Crippen LogP contribution in [0.5, 0.6) is 0 Å². The number of hydrogen-bond acceptors (Lipinski definition) is 7. The number of hydrogen-bond donors (Lipinski definition) is 1. The lowest BCUT2D eigenvalue weighted by Crippen LogP contribution is -2.42. The fourth-order valence-electron chi connectivity index (χ4n) is 6.21. The monoisotopic (exact) mass is 626 g/mol. The Labute approximate surface area is 272 Å². The predicted molar refractivity (Wildman–Crippen MR) is 179 cm³/mol. The first-order chi connectivity index (χ1) is 22.4. The SMILES string of the molecule is CCOC(=O)C1CCN(Cc2ccc(C(=O)N(C)CCN3CCC(OC(=O)Nc4ccccc4-c4ccccc4)CC3)cc2)CC1. The van der Waals surface area contributed by atoms with Crippen molar-refractivity contribution in [3.8, 4) is 11.1 Å². The summed E-state index contributed by atoms with van der Waals surface area (Å²) < 4.78 is 10.9. The summed E-state index contributed by atoms with van der Waals surface area (Å²) in [7, 11) is 1.84. The molecule has 9 nitrogen and oxygen atoms in total. The quantitative estimate of drug-likeness (QED) is 0.265. The molecule has 2 aliphatic heterocycles. The smallest absolute Gasteiger partial charge is 0.411 e. The Hall–Kier alpha value is -4.21. The van der Waals surface area contributed by atoms with Crippen LogP contribution in [0.4, 0.5) is 10.5 Å². The second kappa shape index (κ2) is 16.4. The van der Waals surface area contributed by atoms with Crippen LogP contribution in [0.25, 0.3) is 11.1 Å². The maximum atomic E-state index is 13.1. The number of likely N-dealkylation sites (N-methyl/N-ethyl adjacent to an activating group) is 1. The van der Waals surface area contributed by atoms with Gasteiger partial charge in [0.25, 0.3) is 5.91 Å². The molecule has 0 saturated carbocycles. The number of esters is 1. The molecule has 5 rings (SSSR count). The third-order valence-electron chi connectivity index (χ3n) is 8.97. The number of anilines is 1. The van der Waals surface area contributed by atoms with Crippen LogP contribution < -0.4 is 5.32 Å². The van der Waals surface area contributed by atoms with Crippen LogP contribution in [-0.4, -0.2) is 91.7 Å². The van der Waals surface area contributed by atoms with Gasteiger partial charge in [-0.3, -0.25) is 19.8 Å². The van der Waals surface area contributed by atoms with Gasteiger partial charge in [-0.25, -0.2) is 4.79 Å². The van der Waals surface area contributed by atoms with Crippen molar-refractivity contribution in [3.63, 3.8) is 0 Å². The van der Waals surface area contributed by atoms with Crippen LogP contribution in [0.2, 0.25) is 0 Å². The van der Waals surface area contributed by atoms with E-state index in [-0.39, 0.29) is 23.9 Å². The summed E-state index contributed by atoms with van der Waals surface area (Å²) in [6.45, 7) is 7.84. The van der Waals surface area contributed by atoms with Gasteiger partial charge in [0.1, 0.15) is 6.10 Å². The van der Waals surface area contributed by atoms with Crippen LogP contribution in [-0.2, 0) is 20.8 Å². The Kier molecular flexibility index (Phi) is 11.8. The molecule has 3 aromatic carbocycles. The minimum absolute atomic E-state index is 0.00653. The Morgan fingerprint density at radius 1 is 0.826 bits per heavy atom. The third-order valence-corrected chi connectivity index (χ3v) is 8.97. The Morgan fingerprint density at radius 3 is 2.17 bits per heavy atom. The molecule has 0 aromatic heterocycles. The van der Waals surface area contributed by atoms with Gasteiger partial charge < -0.3 is 19.3 Å². The maximum Gasteiger partial charge on any atom is 0.411 e. The summed E-state index contributed by atoms with van der Waals surface area (Å²) in [6, 6.07) is 25.6. The summed E-state index contributed by atoms with van der Waals surface area (Å²) >= 11 is 0. The number of ether oxygens (including phenoxy) is 2. The molecule has 2 aliphatic rings. The van der Waals surface area contributed by atoms with Gasteiger partial charge in [0.15, 0.2) is 0 Å². The fourth-order valence-corrected chi connectivity index (χ4v) is 6.21. The number of carbonyl (C=O) groups is 3. The first-order valence-corrected chi connectivity index (χ1v) is 16.5. The Balaban J connectivity index is 1.00. The third kappa shape index (κ3) is 9.17. The molecule has 2 fully saturated rings. The molecule has 0 atom stereocenters. The molecule has 0 unspecified atom stereocenters. The molecular weight excluding hydrogens is 580 g/mol. The van der Waals surface area contributed by atoms with E-state index in [1.54, 1.807) is 4.90 Å². The molecule has 46 heavy (non-hydrogen) atoms. The van der Waals surface area contributed by atoms with Crippen LogP contribution in [0, 0.1) is 5.92 Å². The summed E-state index contributed by atoms with van der Waals surface area (Å²) in [5, 5.41) is 2.93. The standard InChI is InChI=1S/C37H46N4O5/c1-3-45-36(43)31-17-21-41(22-18-31)27-28-13-15-30(16-14-28)35(42)39(2)25-26-40-23-19-32(20-24-40)46-37(44)38-34-12-8-7-11-33(34)29-9-5-4-6-10-29/h4-16,31-32H,3,17-27H2,1-2H3,(H,38,44). The highest BCUT2D eigenvalue weighted by molar-refractivity contribution is 5.94. The average Bonchev–Trinajstić information content (AvgIpc) is 3.09. The van der Waals surface area contributed by atoms with E-state index in [0.29, 0.717) is 18.7 Å². The van der Waals surface area contributed by atoms with Crippen LogP contribution in [0.15, 0.2) is 78.9 Å². The van der Waals surface area contributed by atoms with Gasteiger partial charge in [0.2, 0.25) is 0 Å². The highest BCUT2D eigenvalue weighted by Crippen LogP contribution is 2.28. The van der Waals surface area contributed by atoms with E-state index in [1.165, 1.54) is 0 Å². The van der Waals surface area contributed by atoms with E-state index in [0.717, 1.165) is 87.3 Å². The molecule has 2 amide bonds. The van der Waals surface area contributed by atoms with Crippen LogP contribution in [0.3, 0.4) is 0 Å². The lowest BCUT2D eigenvalue weighted by Gasteiger charge is -2.32. The van der Waals surface area contributed by atoms with Crippen molar-refractivity contribution in [1.29, 1.82) is 0 Å². The first-order valence-electron chi connectivity index (χ1n) is 16.5. The molecule has 244 valence electrons. The van der Waals surface area contributed by atoms with Gasteiger partial charge in [-0.05, 0) is 75.0 Å². The lowest BCUT2D eigenvalue weighted by molar-refractivity contribution is -0.149. The van der Waals surface area contributed by atoms with E-state index in [1.807, 2.05) is 92.8 Å².